The maximum absolute atomic E-state index is 12.1. The van der Waals surface area contributed by atoms with Gasteiger partial charge in [-0.05, 0) is 65.7 Å². The summed E-state index contributed by atoms with van der Waals surface area (Å²) in [6.07, 6.45) is 2.92. The zero-order valence-electron chi connectivity index (χ0n) is 21.7. The quantitative estimate of drug-likeness (QED) is 0.209. The first-order valence-electron chi connectivity index (χ1n) is 13.2. The molecule has 0 unspecified atom stereocenters. The van der Waals surface area contributed by atoms with Crippen molar-refractivity contribution in [1.29, 1.82) is 0 Å². The Morgan fingerprint density at radius 2 is 1.12 bits per heavy atom. The Morgan fingerprint density at radius 1 is 0.550 bits per heavy atom. The molecular formula is C35H26N4O. The Hall–Kier alpha value is -5.55. The van der Waals surface area contributed by atoms with Crippen molar-refractivity contribution in [1.82, 2.24) is 19.9 Å². The van der Waals surface area contributed by atoms with Gasteiger partial charge in [-0.1, -0.05) is 67.2 Å². The molecule has 7 rings (SSSR count). The van der Waals surface area contributed by atoms with Gasteiger partial charge in [-0.15, -0.1) is 0 Å². The Labute approximate surface area is 230 Å². The minimum atomic E-state index is 0.393. The molecule has 5 heterocycles. The molecule has 0 atom stereocenters. The van der Waals surface area contributed by atoms with Gasteiger partial charge in [0.1, 0.15) is 6.29 Å². The lowest BCUT2D eigenvalue weighted by Gasteiger charge is -2.07. The number of hydrogen-bond donors (Lipinski definition) is 4. The molecule has 192 valence electrons. The first kappa shape index (κ1) is 23.6. The molecule has 40 heavy (non-hydrogen) atoms. The SMILES string of the molecule is C=C(C=O)C1=c2ccc([nH]2)=C(c2ccccc2)c2ccc([nH]2)C=c2ccc([nH]2)=C(c2ccccc2)c2ccc1[nH]2. The van der Waals surface area contributed by atoms with Crippen LogP contribution < -0.4 is 21.4 Å². The van der Waals surface area contributed by atoms with Crippen LogP contribution in [-0.4, -0.2) is 26.2 Å². The van der Waals surface area contributed by atoms with Crippen LogP contribution in [0.1, 0.15) is 33.9 Å². The minimum absolute atomic E-state index is 0.393. The van der Waals surface area contributed by atoms with E-state index in [1.165, 1.54) is 0 Å². The highest BCUT2D eigenvalue weighted by molar-refractivity contribution is 5.97. The first-order valence-corrected chi connectivity index (χ1v) is 13.2. The van der Waals surface area contributed by atoms with Crippen molar-refractivity contribution < 1.29 is 4.79 Å². The molecule has 8 bridgehead atoms. The average Bonchev–Trinajstić information content (AvgIpc) is 3.81. The Morgan fingerprint density at radius 3 is 1.82 bits per heavy atom. The lowest BCUT2D eigenvalue weighted by molar-refractivity contribution is -0.104. The molecule has 4 aromatic heterocycles. The average molecular weight is 519 g/mol. The van der Waals surface area contributed by atoms with E-state index in [4.69, 9.17) is 0 Å². The molecule has 0 aliphatic carbocycles. The molecule has 1 aliphatic heterocycles. The molecule has 0 saturated carbocycles. The standard InChI is InChI=1S/C35H26N4O/c1-22(21-40)33-27-16-18-31(38-27)34(23-8-4-2-5-9-23)29-14-12-25(36-29)20-26-13-15-30(37-26)35(24-10-6-3-7-11-24)32-19-17-28(33)39-32/h2-21,36-39H,1H2. The van der Waals surface area contributed by atoms with Crippen molar-refractivity contribution in [2.24, 2.45) is 0 Å². The second-order valence-electron chi connectivity index (χ2n) is 9.87. The van der Waals surface area contributed by atoms with Crippen LogP contribution in [0.5, 0.6) is 0 Å². The van der Waals surface area contributed by atoms with Gasteiger partial charge in [0.25, 0.3) is 0 Å². The van der Waals surface area contributed by atoms with E-state index in [1.807, 2.05) is 48.5 Å². The van der Waals surface area contributed by atoms with Crippen molar-refractivity contribution in [2.75, 3.05) is 0 Å². The molecular weight excluding hydrogens is 492 g/mol. The van der Waals surface area contributed by atoms with E-state index in [0.29, 0.717) is 5.57 Å². The zero-order chi connectivity index (χ0) is 27.1. The number of aromatic amines is 4. The lowest BCUT2D eigenvalue weighted by Crippen LogP contribution is -2.18. The van der Waals surface area contributed by atoms with E-state index in [0.717, 1.165) is 78.3 Å². The fraction of sp³-hybridized carbons (Fsp3) is 0. The largest absolute Gasteiger partial charge is 0.355 e. The number of H-pyrrole nitrogens is 4. The molecule has 0 saturated heterocycles. The molecule has 1 aliphatic rings. The van der Waals surface area contributed by atoms with Crippen LogP contribution in [0.4, 0.5) is 0 Å². The topological polar surface area (TPSA) is 80.2 Å². The maximum atomic E-state index is 12.1. The van der Waals surface area contributed by atoms with Crippen molar-refractivity contribution >= 4 is 29.1 Å². The summed E-state index contributed by atoms with van der Waals surface area (Å²) in [7, 11) is 0. The predicted octanol–water partition coefficient (Wildman–Crippen LogP) is 3.59. The lowest BCUT2D eigenvalue weighted by atomic mass is 10.0. The molecule has 0 radical (unpaired) electrons. The highest BCUT2D eigenvalue weighted by atomic mass is 16.1. The molecule has 4 N–H and O–H groups in total. The molecule has 0 amide bonds. The third-order valence-corrected chi connectivity index (χ3v) is 7.30. The second-order valence-corrected chi connectivity index (χ2v) is 9.87. The van der Waals surface area contributed by atoms with Crippen molar-refractivity contribution in [2.45, 2.75) is 0 Å². The van der Waals surface area contributed by atoms with Crippen LogP contribution in [0.2, 0.25) is 0 Å². The van der Waals surface area contributed by atoms with Crippen molar-refractivity contribution in [3.8, 4) is 0 Å². The van der Waals surface area contributed by atoms with Gasteiger partial charge in [0.05, 0.1) is 0 Å². The number of rotatable bonds is 4. The molecule has 6 aromatic rings. The smallest absolute Gasteiger partial charge is 0.150 e. The number of fused-ring (bicyclic) bond motifs is 8. The van der Waals surface area contributed by atoms with Crippen LogP contribution in [0.15, 0.2) is 121 Å². The summed E-state index contributed by atoms with van der Waals surface area (Å²) >= 11 is 0. The monoisotopic (exact) mass is 518 g/mol. The summed E-state index contributed by atoms with van der Waals surface area (Å²) in [5.74, 6) is 0. The predicted molar refractivity (Wildman–Crippen MR) is 159 cm³/mol. The van der Waals surface area contributed by atoms with E-state index >= 15 is 0 Å². The maximum Gasteiger partial charge on any atom is 0.150 e. The van der Waals surface area contributed by atoms with Crippen LogP contribution in [-0.2, 0) is 4.79 Å². The summed E-state index contributed by atoms with van der Waals surface area (Å²) in [6, 6.07) is 37.1. The third-order valence-electron chi connectivity index (χ3n) is 7.30. The number of allylic oxidation sites excluding steroid dienone is 1. The Balaban J connectivity index is 1.60. The van der Waals surface area contributed by atoms with Gasteiger partial charge in [-0.3, -0.25) is 4.79 Å². The van der Waals surface area contributed by atoms with Crippen molar-refractivity contribution in [3.63, 3.8) is 0 Å². The number of benzene rings is 2. The summed E-state index contributed by atoms with van der Waals surface area (Å²) in [6.45, 7) is 4.09. The molecule has 0 spiro atoms. The normalized spacial score (nSPS) is 12.8. The highest BCUT2D eigenvalue weighted by Crippen LogP contribution is 2.24. The van der Waals surface area contributed by atoms with Crippen molar-refractivity contribution in [3.05, 3.63) is 177 Å². The van der Waals surface area contributed by atoms with E-state index in [1.54, 1.807) is 0 Å². The summed E-state index contributed by atoms with van der Waals surface area (Å²) in [5.41, 5.74) is 9.06. The van der Waals surface area contributed by atoms with Gasteiger partial charge in [0, 0.05) is 66.5 Å². The second kappa shape index (κ2) is 9.64. The van der Waals surface area contributed by atoms with Crippen LogP contribution in [0, 0.1) is 0 Å². The Kier molecular flexibility index (Phi) is 5.68. The fourth-order valence-corrected chi connectivity index (χ4v) is 5.50. The molecule has 5 heteroatoms. The third kappa shape index (κ3) is 4.10. The van der Waals surface area contributed by atoms with Crippen LogP contribution in [0.3, 0.4) is 0 Å². The summed E-state index contributed by atoms with van der Waals surface area (Å²) in [5, 5.41) is 3.71. The number of carbonyl (C=O) groups is 1. The van der Waals surface area contributed by atoms with Gasteiger partial charge in [-0.2, -0.15) is 0 Å². The molecule has 5 nitrogen and oxygen atoms in total. The number of nitrogens with one attached hydrogen (secondary N) is 4. The first-order chi connectivity index (χ1) is 19.7. The summed E-state index contributed by atoms with van der Waals surface area (Å²) in [4.78, 5) is 26.5. The molecule has 0 fully saturated rings. The zero-order valence-corrected chi connectivity index (χ0v) is 21.7. The van der Waals surface area contributed by atoms with Gasteiger partial charge in [0.15, 0.2) is 0 Å². The number of hydrogen-bond acceptors (Lipinski definition) is 1. The fourth-order valence-electron chi connectivity index (χ4n) is 5.50. The van der Waals surface area contributed by atoms with E-state index in [9.17, 15) is 4.79 Å². The van der Waals surface area contributed by atoms with E-state index in [2.05, 4.69) is 93.3 Å². The highest BCUT2D eigenvalue weighted by Gasteiger charge is 2.16. The molecule has 2 aromatic carbocycles. The van der Waals surface area contributed by atoms with E-state index in [-0.39, 0.29) is 0 Å². The van der Waals surface area contributed by atoms with E-state index < -0.39 is 0 Å². The van der Waals surface area contributed by atoms with Gasteiger partial charge >= 0.3 is 0 Å². The van der Waals surface area contributed by atoms with Crippen LogP contribution in [0.25, 0.3) is 22.8 Å². The minimum Gasteiger partial charge on any atom is -0.355 e. The van der Waals surface area contributed by atoms with Gasteiger partial charge in [-0.25, -0.2) is 0 Å². The van der Waals surface area contributed by atoms with Crippen LogP contribution >= 0.6 is 0 Å². The van der Waals surface area contributed by atoms with Gasteiger partial charge < -0.3 is 19.9 Å². The number of aldehydes is 1. The number of aromatic nitrogens is 4. The Bertz CT molecular complexity index is 2130. The summed E-state index contributed by atoms with van der Waals surface area (Å²) < 4.78 is 0. The van der Waals surface area contributed by atoms with Gasteiger partial charge in [0.2, 0.25) is 0 Å². The number of carbonyl (C=O) groups excluding carboxylic acids is 1.